The molecular formula is C20H29FN2O2. The number of ether oxygens (including phenoxy) is 1. The Labute approximate surface area is 149 Å². The Morgan fingerprint density at radius 3 is 2.16 bits per heavy atom. The van der Waals surface area contributed by atoms with Gasteiger partial charge < -0.3 is 14.5 Å². The highest BCUT2D eigenvalue weighted by molar-refractivity contribution is 5.69. The third-order valence-corrected chi connectivity index (χ3v) is 5.77. The van der Waals surface area contributed by atoms with Crippen molar-refractivity contribution in [3.8, 4) is 0 Å². The maximum atomic E-state index is 13.4. The molecule has 5 heteroatoms. The highest BCUT2D eigenvalue weighted by Crippen LogP contribution is 2.52. The molecule has 1 aromatic rings. The molecule has 0 aromatic heterocycles. The van der Waals surface area contributed by atoms with Gasteiger partial charge in [-0.05, 0) is 51.5 Å². The molecule has 1 aromatic carbocycles. The van der Waals surface area contributed by atoms with Gasteiger partial charge in [-0.3, -0.25) is 0 Å². The zero-order valence-electron chi connectivity index (χ0n) is 16.1. The molecule has 138 valence electrons. The topological polar surface area (TPSA) is 32.8 Å². The van der Waals surface area contributed by atoms with Crippen molar-refractivity contribution in [3.63, 3.8) is 0 Å². The molecule has 4 nitrogen and oxygen atoms in total. The summed E-state index contributed by atoms with van der Waals surface area (Å²) in [6.07, 6.45) is -0.228. The van der Waals surface area contributed by atoms with E-state index in [-0.39, 0.29) is 22.7 Å². The Hall–Kier alpha value is -1.78. The molecule has 0 bridgehead atoms. The molecular weight excluding hydrogens is 319 g/mol. The SMILES string of the molecule is Cc1cc(F)ccc1N1C[C@]2(C)CN(C(=O)OC(C)(C)C)C[C@]2(C)C1. The van der Waals surface area contributed by atoms with Crippen molar-refractivity contribution in [1.82, 2.24) is 4.90 Å². The van der Waals surface area contributed by atoms with Crippen molar-refractivity contribution in [1.29, 1.82) is 0 Å². The first-order valence-corrected chi connectivity index (χ1v) is 8.92. The van der Waals surface area contributed by atoms with Gasteiger partial charge in [0.05, 0.1) is 0 Å². The van der Waals surface area contributed by atoms with E-state index in [9.17, 15) is 9.18 Å². The Morgan fingerprint density at radius 1 is 1.12 bits per heavy atom. The van der Waals surface area contributed by atoms with Crippen molar-refractivity contribution in [2.75, 3.05) is 31.1 Å². The molecule has 2 aliphatic heterocycles. The molecule has 1 amide bonds. The number of carbonyl (C=O) groups excluding carboxylic acids is 1. The number of hydrogen-bond donors (Lipinski definition) is 0. The minimum Gasteiger partial charge on any atom is -0.444 e. The molecule has 25 heavy (non-hydrogen) atoms. The number of halogens is 1. The van der Waals surface area contributed by atoms with Crippen LogP contribution in [0.1, 0.15) is 40.2 Å². The number of anilines is 1. The summed E-state index contributed by atoms with van der Waals surface area (Å²) < 4.78 is 19.0. The summed E-state index contributed by atoms with van der Waals surface area (Å²) in [5, 5.41) is 0. The number of rotatable bonds is 1. The van der Waals surface area contributed by atoms with Gasteiger partial charge >= 0.3 is 6.09 Å². The third kappa shape index (κ3) is 3.21. The number of fused-ring (bicyclic) bond motifs is 1. The molecule has 2 heterocycles. The molecule has 2 fully saturated rings. The van der Waals surface area contributed by atoms with Gasteiger partial charge in [0, 0.05) is 42.7 Å². The predicted molar refractivity (Wildman–Crippen MR) is 97.4 cm³/mol. The van der Waals surface area contributed by atoms with Crippen LogP contribution in [0.2, 0.25) is 0 Å². The van der Waals surface area contributed by atoms with Crippen molar-refractivity contribution < 1.29 is 13.9 Å². The van der Waals surface area contributed by atoms with Crippen LogP contribution >= 0.6 is 0 Å². The molecule has 2 aliphatic rings. The van der Waals surface area contributed by atoms with Crippen LogP contribution in [0.15, 0.2) is 18.2 Å². The summed E-state index contributed by atoms with van der Waals surface area (Å²) >= 11 is 0. The van der Waals surface area contributed by atoms with Crippen LogP contribution in [0.4, 0.5) is 14.9 Å². The van der Waals surface area contributed by atoms with E-state index in [0.29, 0.717) is 13.1 Å². The lowest BCUT2D eigenvalue weighted by molar-refractivity contribution is 0.0269. The summed E-state index contributed by atoms with van der Waals surface area (Å²) in [6.45, 7) is 15.2. The van der Waals surface area contributed by atoms with Gasteiger partial charge in [-0.1, -0.05) is 13.8 Å². The third-order valence-electron chi connectivity index (χ3n) is 5.77. The average molecular weight is 348 g/mol. The van der Waals surface area contributed by atoms with Crippen molar-refractivity contribution in [2.45, 2.75) is 47.1 Å². The molecule has 0 N–H and O–H groups in total. The van der Waals surface area contributed by atoms with Gasteiger partial charge in [0.15, 0.2) is 0 Å². The first-order valence-electron chi connectivity index (χ1n) is 8.92. The minimum atomic E-state index is -0.478. The Morgan fingerprint density at radius 2 is 1.68 bits per heavy atom. The summed E-state index contributed by atoms with van der Waals surface area (Å²) in [7, 11) is 0. The summed E-state index contributed by atoms with van der Waals surface area (Å²) in [5.41, 5.74) is 1.54. The van der Waals surface area contributed by atoms with Gasteiger partial charge in [-0.25, -0.2) is 9.18 Å². The Kier molecular flexibility index (Phi) is 4.05. The number of carbonyl (C=O) groups is 1. The van der Waals surface area contributed by atoms with Crippen LogP contribution < -0.4 is 4.90 Å². The highest BCUT2D eigenvalue weighted by Gasteiger charge is 2.59. The summed E-state index contributed by atoms with van der Waals surface area (Å²) in [4.78, 5) is 16.6. The van der Waals surface area contributed by atoms with Gasteiger partial charge in [-0.15, -0.1) is 0 Å². The number of likely N-dealkylation sites (tertiary alicyclic amines) is 1. The second kappa shape index (κ2) is 5.61. The van der Waals surface area contributed by atoms with Crippen molar-refractivity contribution in [3.05, 3.63) is 29.6 Å². The molecule has 2 saturated heterocycles. The van der Waals surface area contributed by atoms with E-state index in [1.807, 2.05) is 38.7 Å². The first-order chi connectivity index (χ1) is 11.4. The number of amides is 1. The number of aryl methyl sites for hydroxylation is 1. The molecule has 0 unspecified atom stereocenters. The molecule has 0 spiro atoms. The highest BCUT2D eigenvalue weighted by atomic mass is 19.1. The van der Waals surface area contributed by atoms with Crippen molar-refractivity contribution >= 4 is 11.8 Å². The molecule has 0 radical (unpaired) electrons. The largest absolute Gasteiger partial charge is 0.444 e. The first kappa shape index (κ1) is 18.0. The van der Waals surface area contributed by atoms with Crippen LogP contribution in [0.5, 0.6) is 0 Å². The summed E-state index contributed by atoms with van der Waals surface area (Å²) in [5.74, 6) is -0.200. The quantitative estimate of drug-likeness (QED) is 0.762. The standard InChI is InChI=1S/C20H29FN2O2/c1-14-9-15(21)7-8-16(14)22-10-19(5)12-23(13-20(19,6)11-22)17(24)25-18(2,3)4/h7-9H,10-13H2,1-6H3/t19-,20+. The Bertz CT molecular complexity index is 679. The van der Waals surface area contributed by atoms with Gasteiger partial charge in [-0.2, -0.15) is 0 Å². The fraction of sp³-hybridized carbons (Fsp3) is 0.650. The molecule has 0 aliphatic carbocycles. The van der Waals surface area contributed by atoms with Crippen molar-refractivity contribution in [2.24, 2.45) is 10.8 Å². The lowest BCUT2D eigenvalue weighted by Crippen LogP contribution is -2.39. The number of hydrogen-bond acceptors (Lipinski definition) is 3. The van der Waals surface area contributed by atoms with E-state index < -0.39 is 5.60 Å². The fourth-order valence-corrected chi connectivity index (χ4v) is 4.26. The van der Waals surface area contributed by atoms with Crippen LogP contribution in [-0.4, -0.2) is 42.8 Å². The molecule has 2 atom stereocenters. The van der Waals surface area contributed by atoms with Gasteiger partial charge in [0.25, 0.3) is 0 Å². The van der Waals surface area contributed by atoms with E-state index in [1.165, 1.54) is 6.07 Å². The second-order valence-electron chi connectivity index (χ2n) is 9.24. The van der Waals surface area contributed by atoms with E-state index in [4.69, 9.17) is 4.74 Å². The van der Waals surface area contributed by atoms with Crippen LogP contribution in [0, 0.1) is 23.6 Å². The zero-order valence-corrected chi connectivity index (χ0v) is 16.1. The van der Waals surface area contributed by atoms with E-state index in [0.717, 1.165) is 24.3 Å². The zero-order chi connectivity index (χ0) is 18.6. The normalized spacial score (nSPS) is 29.1. The van der Waals surface area contributed by atoms with Gasteiger partial charge in [0.2, 0.25) is 0 Å². The van der Waals surface area contributed by atoms with Crippen LogP contribution in [0.3, 0.4) is 0 Å². The smallest absolute Gasteiger partial charge is 0.410 e. The Balaban J connectivity index is 1.77. The van der Waals surface area contributed by atoms with E-state index >= 15 is 0 Å². The lowest BCUT2D eigenvalue weighted by atomic mass is 9.71. The van der Waals surface area contributed by atoms with E-state index in [1.54, 1.807) is 6.07 Å². The number of nitrogens with zero attached hydrogens (tertiary/aromatic N) is 2. The maximum absolute atomic E-state index is 13.4. The van der Waals surface area contributed by atoms with Gasteiger partial charge in [0.1, 0.15) is 11.4 Å². The maximum Gasteiger partial charge on any atom is 0.410 e. The number of benzene rings is 1. The molecule has 3 rings (SSSR count). The molecule has 0 saturated carbocycles. The minimum absolute atomic E-state index is 0.00920. The predicted octanol–water partition coefficient (Wildman–Crippen LogP) is 4.22. The summed E-state index contributed by atoms with van der Waals surface area (Å²) in [6, 6.07) is 4.97. The van der Waals surface area contributed by atoms with Crippen LogP contribution in [0.25, 0.3) is 0 Å². The van der Waals surface area contributed by atoms with Crippen LogP contribution in [-0.2, 0) is 4.74 Å². The van der Waals surface area contributed by atoms with E-state index in [2.05, 4.69) is 18.7 Å². The monoisotopic (exact) mass is 348 g/mol. The average Bonchev–Trinajstić information content (AvgIpc) is 2.81. The fourth-order valence-electron chi connectivity index (χ4n) is 4.26. The lowest BCUT2D eigenvalue weighted by Gasteiger charge is -2.29. The second-order valence-corrected chi connectivity index (χ2v) is 9.24.